The van der Waals surface area contributed by atoms with Crippen molar-refractivity contribution >= 4 is 6.09 Å². The van der Waals surface area contributed by atoms with E-state index in [1.807, 2.05) is 65.8 Å². The van der Waals surface area contributed by atoms with E-state index in [0.717, 1.165) is 11.3 Å². The molecule has 1 aromatic carbocycles. The number of carbonyl (C=O) groups is 1. The summed E-state index contributed by atoms with van der Waals surface area (Å²) in [4.78, 5) is 11.8. The largest absolute Gasteiger partial charge is 0.488 e. The molecule has 0 aliphatic heterocycles. The van der Waals surface area contributed by atoms with Crippen LogP contribution in [-0.4, -0.2) is 23.3 Å². The monoisotopic (exact) mass is 317 g/mol. The predicted molar refractivity (Wildman–Crippen MR) is 92.5 cm³/mol. The minimum atomic E-state index is -0.546. The Morgan fingerprint density at radius 1 is 1.13 bits per heavy atom. The molecule has 1 amide bonds. The Kier molecular flexibility index (Phi) is 6.09. The van der Waals surface area contributed by atoms with Crippen molar-refractivity contribution in [2.24, 2.45) is 0 Å². The van der Waals surface area contributed by atoms with E-state index in [4.69, 9.17) is 15.9 Å². The fourth-order valence-electron chi connectivity index (χ4n) is 1.88. The van der Waals surface area contributed by atoms with E-state index in [9.17, 15) is 4.79 Å². The van der Waals surface area contributed by atoms with Crippen molar-refractivity contribution in [2.75, 3.05) is 0 Å². The molecule has 0 aliphatic carbocycles. The maximum atomic E-state index is 11.8. The number of alkyl carbamates (subject to hydrolysis) is 1. The minimum Gasteiger partial charge on any atom is -0.488 e. The van der Waals surface area contributed by atoms with E-state index in [-0.39, 0.29) is 5.60 Å². The molecule has 4 heteroatoms. The van der Waals surface area contributed by atoms with E-state index >= 15 is 0 Å². The first kappa shape index (κ1) is 18.9. The van der Waals surface area contributed by atoms with Crippen LogP contribution in [-0.2, 0) is 11.2 Å². The fourth-order valence-corrected chi connectivity index (χ4v) is 1.88. The molecule has 126 valence electrons. The summed E-state index contributed by atoms with van der Waals surface area (Å²) in [6.45, 7) is 11.4. The van der Waals surface area contributed by atoms with Crippen LogP contribution in [0.2, 0.25) is 0 Å². The Hall–Kier alpha value is -2.15. The summed E-state index contributed by atoms with van der Waals surface area (Å²) in [5, 5.41) is 2.70. The predicted octanol–water partition coefficient (Wildman–Crippen LogP) is 3.93. The Morgan fingerprint density at radius 3 is 2.13 bits per heavy atom. The van der Waals surface area contributed by atoms with Gasteiger partial charge in [-0.3, -0.25) is 0 Å². The van der Waals surface area contributed by atoms with E-state index < -0.39 is 17.7 Å². The highest BCUT2D eigenvalue weighted by molar-refractivity contribution is 5.68. The summed E-state index contributed by atoms with van der Waals surface area (Å²) < 4.78 is 11.0. The summed E-state index contributed by atoms with van der Waals surface area (Å²) in [5.74, 6) is 3.38. The Balaban J connectivity index is 2.63. The van der Waals surface area contributed by atoms with E-state index in [1.54, 1.807) is 0 Å². The van der Waals surface area contributed by atoms with Crippen LogP contribution in [0.3, 0.4) is 0 Å². The molecule has 0 radical (unpaired) electrons. The summed E-state index contributed by atoms with van der Waals surface area (Å²) in [6, 6.07) is 7.28. The highest BCUT2D eigenvalue weighted by Gasteiger charge is 2.19. The number of amides is 1. The molecule has 1 aromatic rings. The lowest BCUT2D eigenvalue weighted by atomic mass is 10.1. The van der Waals surface area contributed by atoms with Gasteiger partial charge in [-0.15, -0.1) is 6.42 Å². The number of rotatable bonds is 4. The Labute approximate surface area is 139 Å². The first-order chi connectivity index (χ1) is 10.5. The molecule has 0 aliphatic rings. The molecule has 0 aromatic heterocycles. The quantitative estimate of drug-likeness (QED) is 0.856. The molecule has 1 N–H and O–H groups in total. The van der Waals surface area contributed by atoms with Crippen molar-refractivity contribution in [1.29, 1.82) is 0 Å². The van der Waals surface area contributed by atoms with Crippen LogP contribution in [0.5, 0.6) is 5.75 Å². The van der Waals surface area contributed by atoms with Crippen LogP contribution in [0.4, 0.5) is 4.79 Å². The van der Waals surface area contributed by atoms with Gasteiger partial charge in [-0.1, -0.05) is 18.1 Å². The summed E-state index contributed by atoms with van der Waals surface area (Å²) in [5.41, 5.74) is 0.237. The standard InChI is InChI=1S/C19H27NO3/c1-8-15(20-17(21)23-19(5,6)7)13-14-9-11-16(12-10-14)22-18(2,3)4/h1,9-12,15H,13H2,2-7H3,(H,20,21)/t15-/m1/s1. The topological polar surface area (TPSA) is 47.6 Å². The molecule has 0 bridgehead atoms. The molecule has 0 fully saturated rings. The fraction of sp³-hybridized carbons (Fsp3) is 0.526. The molecule has 0 spiro atoms. The summed E-state index contributed by atoms with van der Waals surface area (Å²) in [7, 11) is 0. The van der Waals surface area contributed by atoms with Crippen molar-refractivity contribution in [1.82, 2.24) is 5.32 Å². The van der Waals surface area contributed by atoms with Crippen LogP contribution < -0.4 is 10.1 Å². The zero-order valence-corrected chi connectivity index (χ0v) is 14.9. The number of benzene rings is 1. The Bertz CT molecular complexity index is 556. The molecular weight excluding hydrogens is 290 g/mol. The number of ether oxygens (including phenoxy) is 2. The first-order valence-corrected chi connectivity index (χ1v) is 7.72. The number of hydrogen-bond donors (Lipinski definition) is 1. The van der Waals surface area contributed by atoms with Gasteiger partial charge in [0.05, 0.1) is 6.04 Å². The molecule has 23 heavy (non-hydrogen) atoms. The molecule has 4 nitrogen and oxygen atoms in total. The molecule has 0 unspecified atom stereocenters. The van der Waals surface area contributed by atoms with Gasteiger partial charge in [-0.05, 0) is 59.2 Å². The van der Waals surface area contributed by atoms with E-state index in [0.29, 0.717) is 6.42 Å². The molecule has 0 saturated carbocycles. The van der Waals surface area contributed by atoms with Crippen LogP contribution >= 0.6 is 0 Å². The number of terminal acetylenes is 1. The molecule has 0 heterocycles. The van der Waals surface area contributed by atoms with Crippen molar-refractivity contribution in [3.05, 3.63) is 29.8 Å². The number of hydrogen-bond acceptors (Lipinski definition) is 3. The van der Waals surface area contributed by atoms with Gasteiger partial charge in [0.25, 0.3) is 0 Å². The van der Waals surface area contributed by atoms with E-state index in [1.165, 1.54) is 0 Å². The lowest BCUT2D eigenvalue weighted by Crippen LogP contribution is -2.39. The third kappa shape index (κ3) is 8.15. The lowest BCUT2D eigenvalue weighted by Gasteiger charge is -2.22. The van der Waals surface area contributed by atoms with Crippen molar-refractivity contribution in [2.45, 2.75) is 65.2 Å². The van der Waals surface area contributed by atoms with Gasteiger partial charge >= 0.3 is 6.09 Å². The van der Waals surface area contributed by atoms with Crippen molar-refractivity contribution in [3.63, 3.8) is 0 Å². The smallest absolute Gasteiger partial charge is 0.408 e. The first-order valence-electron chi connectivity index (χ1n) is 7.72. The highest BCUT2D eigenvalue weighted by atomic mass is 16.6. The Morgan fingerprint density at radius 2 is 1.70 bits per heavy atom. The molecule has 1 rings (SSSR count). The van der Waals surface area contributed by atoms with Gasteiger partial charge < -0.3 is 14.8 Å². The number of nitrogens with one attached hydrogen (secondary N) is 1. The van der Waals surface area contributed by atoms with Gasteiger partial charge in [-0.25, -0.2) is 4.79 Å². The average molecular weight is 317 g/mol. The zero-order chi connectivity index (χ0) is 17.7. The van der Waals surface area contributed by atoms with Gasteiger partial charge in [0, 0.05) is 6.42 Å². The van der Waals surface area contributed by atoms with Crippen LogP contribution in [0.1, 0.15) is 47.1 Å². The number of carbonyl (C=O) groups excluding carboxylic acids is 1. The van der Waals surface area contributed by atoms with Gasteiger partial charge in [0.15, 0.2) is 0 Å². The second-order valence-corrected chi connectivity index (χ2v) is 7.43. The summed E-state index contributed by atoms with van der Waals surface area (Å²) in [6.07, 6.45) is 5.53. The van der Waals surface area contributed by atoms with Gasteiger partial charge in [0.1, 0.15) is 17.0 Å². The van der Waals surface area contributed by atoms with Crippen molar-refractivity contribution < 1.29 is 14.3 Å². The third-order valence-corrected chi connectivity index (χ3v) is 2.68. The molecule has 0 saturated heterocycles. The second-order valence-electron chi connectivity index (χ2n) is 7.43. The maximum Gasteiger partial charge on any atom is 0.408 e. The van der Waals surface area contributed by atoms with Crippen LogP contribution in [0, 0.1) is 12.3 Å². The summed E-state index contributed by atoms with van der Waals surface area (Å²) >= 11 is 0. The van der Waals surface area contributed by atoms with Crippen LogP contribution in [0.15, 0.2) is 24.3 Å². The average Bonchev–Trinajstić information content (AvgIpc) is 2.36. The minimum absolute atomic E-state index is 0.235. The van der Waals surface area contributed by atoms with E-state index in [2.05, 4.69) is 11.2 Å². The zero-order valence-electron chi connectivity index (χ0n) is 14.9. The lowest BCUT2D eigenvalue weighted by molar-refractivity contribution is 0.0516. The maximum absolute atomic E-state index is 11.8. The highest BCUT2D eigenvalue weighted by Crippen LogP contribution is 2.19. The van der Waals surface area contributed by atoms with Crippen molar-refractivity contribution in [3.8, 4) is 18.1 Å². The van der Waals surface area contributed by atoms with Crippen LogP contribution in [0.25, 0.3) is 0 Å². The van der Waals surface area contributed by atoms with Gasteiger partial charge in [-0.2, -0.15) is 0 Å². The SMILES string of the molecule is C#C[C@H](Cc1ccc(OC(C)(C)C)cc1)NC(=O)OC(C)(C)C. The van der Waals surface area contributed by atoms with Gasteiger partial charge in [0.2, 0.25) is 0 Å². The molecule has 1 atom stereocenters. The molecular formula is C19H27NO3. The third-order valence-electron chi connectivity index (χ3n) is 2.68. The second kappa shape index (κ2) is 7.41. The normalized spacial score (nSPS) is 12.9.